The van der Waals surface area contributed by atoms with Gasteiger partial charge in [0.2, 0.25) is 11.8 Å². The lowest BCUT2D eigenvalue weighted by molar-refractivity contribution is -0.123. The van der Waals surface area contributed by atoms with Crippen molar-refractivity contribution in [2.24, 2.45) is 0 Å². The number of carbonyl (C=O) groups excluding carboxylic acids is 2. The van der Waals surface area contributed by atoms with Crippen LogP contribution in [0.1, 0.15) is 49.3 Å². The van der Waals surface area contributed by atoms with Gasteiger partial charge in [0.25, 0.3) is 0 Å². The number of H-pyrrole nitrogens is 1. The Hall–Kier alpha value is -3.15. The van der Waals surface area contributed by atoms with Crippen molar-refractivity contribution in [2.75, 3.05) is 0 Å². The fraction of sp³-hybridized carbons (Fsp3) is 0.286. The summed E-state index contributed by atoms with van der Waals surface area (Å²) in [7, 11) is 0. The molecular formula is C21H24N4O2. The Kier molecular flexibility index (Phi) is 5.54. The second-order valence-corrected chi connectivity index (χ2v) is 6.80. The lowest BCUT2D eigenvalue weighted by Gasteiger charge is -2.19. The number of rotatable bonds is 6. The third-order valence-electron chi connectivity index (χ3n) is 4.44. The van der Waals surface area contributed by atoms with Crippen LogP contribution in [-0.2, 0) is 9.59 Å². The van der Waals surface area contributed by atoms with Crippen LogP contribution < -0.4 is 10.6 Å². The number of hydrogen-bond acceptors (Lipinski definition) is 3. The number of hydrogen-bond donors (Lipinski definition) is 3. The molecule has 0 aliphatic carbocycles. The molecule has 0 bridgehead atoms. The Morgan fingerprint density at radius 1 is 1.07 bits per heavy atom. The van der Waals surface area contributed by atoms with Crippen LogP contribution in [0.3, 0.4) is 0 Å². The Morgan fingerprint density at radius 3 is 2.44 bits per heavy atom. The van der Waals surface area contributed by atoms with Gasteiger partial charge in [0.1, 0.15) is 5.82 Å². The van der Waals surface area contributed by atoms with Crippen molar-refractivity contribution >= 4 is 22.8 Å². The highest BCUT2D eigenvalue weighted by Gasteiger charge is 2.20. The monoisotopic (exact) mass is 364 g/mol. The van der Waals surface area contributed by atoms with Crippen LogP contribution in [0.4, 0.5) is 0 Å². The van der Waals surface area contributed by atoms with Crippen molar-refractivity contribution in [3.63, 3.8) is 0 Å². The van der Waals surface area contributed by atoms with Gasteiger partial charge in [-0.2, -0.15) is 0 Å². The normalized spacial score (nSPS) is 13.1. The van der Waals surface area contributed by atoms with Gasteiger partial charge in [-0.1, -0.05) is 42.0 Å². The molecule has 3 N–H and O–H groups in total. The van der Waals surface area contributed by atoms with E-state index in [2.05, 4.69) is 20.6 Å². The number of nitrogens with one attached hydrogen (secondary N) is 3. The lowest BCUT2D eigenvalue weighted by atomic mass is 10.0. The van der Waals surface area contributed by atoms with Crippen LogP contribution in [0.2, 0.25) is 0 Å². The van der Waals surface area contributed by atoms with Gasteiger partial charge in [-0.3, -0.25) is 9.59 Å². The minimum atomic E-state index is -0.369. The molecule has 0 fully saturated rings. The molecule has 3 rings (SSSR count). The van der Waals surface area contributed by atoms with Crippen LogP contribution in [0, 0.1) is 6.92 Å². The van der Waals surface area contributed by atoms with Gasteiger partial charge in [0.05, 0.1) is 29.5 Å². The van der Waals surface area contributed by atoms with E-state index in [1.54, 1.807) is 0 Å². The Morgan fingerprint density at radius 2 is 1.78 bits per heavy atom. The van der Waals surface area contributed by atoms with Crippen molar-refractivity contribution in [3.05, 3.63) is 65.5 Å². The molecule has 0 aliphatic heterocycles. The number of amides is 2. The van der Waals surface area contributed by atoms with E-state index in [0.29, 0.717) is 5.82 Å². The molecule has 0 radical (unpaired) electrons. The number of para-hydroxylation sites is 2. The van der Waals surface area contributed by atoms with Gasteiger partial charge in [0.15, 0.2) is 0 Å². The number of fused-ring (bicyclic) bond motifs is 1. The molecule has 27 heavy (non-hydrogen) atoms. The van der Waals surface area contributed by atoms with Gasteiger partial charge in [0, 0.05) is 6.92 Å². The fourth-order valence-electron chi connectivity index (χ4n) is 3.03. The second kappa shape index (κ2) is 8.03. The molecule has 2 unspecified atom stereocenters. The first kappa shape index (κ1) is 18.6. The minimum Gasteiger partial charge on any atom is -0.349 e. The quantitative estimate of drug-likeness (QED) is 0.627. The number of benzene rings is 2. The third-order valence-corrected chi connectivity index (χ3v) is 4.44. The molecule has 3 aromatic rings. The minimum absolute atomic E-state index is 0.151. The summed E-state index contributed by atoms with van der Waals surface area (Å²) in [5.41, 5.74) is 3.83. The second-order valence-electron chi connectivity index (χ2n) is 6.80. The molecule has 0 aliphatic rings. The highest BCUT2D eigenvalue weighted by molar-refractivity contribution is 5.80. The number of aromatic nitrogens is 2. The molecule has 1 aromatic heterocycles. The molecule has 6 heteroatoms. The number of aryl methyl sites for hydroxylation is 1. The number of aromatic amines is 1. The SMILES string of the molecule is CC(=O)NC(CC(=O)NC(C)c1nc2ccccc2[nH]1)c1ccc(C)cc1. The summed E-state index contributed by atoms with van der Waals surface area (Å²) in [6, 6.07) is 14.9. The molecule has 1 heterocycles. The molecule has 0 saturated carbocycles. The highest BCUT2D eigenvalue weighted by atomic mass is 16.2. The van der Waals surface area contributed by atoms with Crippen LogP contribution in [0.25, 0.3) is 11.0 Å². The maximum absolute atomic E-state index is 12.6. The smallest absolute Gasteiger partial charge is 0.222 e. The highest BCUT2D eigenvalue weighted by Crippen LogP contribution is 2.19. The van der Waals surface area contributed by atoms with Crippen LogP contribution >= 0.6 is 0 Å². The first-order valence-electron chi connectivity index (χ1n) is 9.00. The van der Waals surface area contributed by atoms with E-state index in [1.807, 2.05) is 62.4 Å². The zero-order valence-electron chi connectivity index (χ0n) is 15.7. The maximum Gasteiger partial charge on any atom is 0.222 e. The molecule has 6 nitrogen and oxygen atoms in total. The van der Waals surface area contributed by atoms with Gasteiger partial charge in [-0.05, 0) is 31.5 Å². The zero-order chi connectivity index (χ0) is 19.4. The Labute approximate surface area is 158 Å². The Balaban J connectivity index is 1.69. The van der Waals surface area contributed by atoms with E-state index in [-0.39, 0.29) is 30.3 Å². The van der Waals surface area contributed by atoms with Crippen LogP contribution in [-0.4, -0.2) is 21.8 Å². The van der Waals surface area contributed by atoms with Crippen LogP contribution in [0.15, 0.2) is 48.5 Å². The summed E-state index contributed by atoms with van der Waals surface area (Å²) in [6.45, 7) is 5.34. The van der Waals surface area contributed by atoms with Crippen molar-refractivity contribution in [1.29, 1.82) is 0 Å². The zero-order valence-corrected chi connectivity index (χ0v) is 15.7. The summed E-state index contributed by atoms with van der Waals surface area (Å²) < 4.78 is 0. The van der Waals surface area contributed by atoms with E-state index in [0.717, 1.165) is 22.2 Å². The predicted molar refractivity (Wildman–Crippen MR) is 105 cm³/mol. The van der Waals surface area contributed by atoms with Crippen molar-refractivity contribution in [3.8, 4) is 0 Å². The summed E-state index contributed by atoms with van der Waals surface area (Å²) >= 11 is 0. The Bertz CT molecular complexity index is 913. The van der Waals surface area contributed by atoms with Crippen LogP contribution in [0.5, 0.6) is 0 Å². The largest absolute Gasteiger partial charge is 0.349 e. The number of nitrogens with zero attached hydrogens (tertiary/aromatic N) is 1. The van der Waals surface area contributed by atoms with E-state index in [4.69, 9.17) is 0 Å². The van der Waals surface area contributed by atoms with Gasteiger partial charge >= 0.3 is 0 Å². The molecular weight excluding hydrogens is 340 g/mol. The maximum atomic E-state index is 12.6. The molecule has 140 valence electrons. The lowest BCUT2D eigenvalue weighted by Crippen LogP contribution is -2.34. The number of carbonyl (C=O) groups is 2. The van der Waals surface area contributed by atoms with E-state index < -0.39 is 0 Å². The summed E-state index contributed by atoms with van der Waals surface area (Å²) in [4.78, 5) is 31.9. The first-order chi connectivity index (χ1) is 12.9. The molecule has 2 atom stereocenters. The van der Waals surface area contributed by atoms with E-state index in [1.165, 1.54) is 6.92 Å². The molecule has 2 amide bonds. The van der Waals surface area contributed by atoms with Crippen molar-refractivity contribution in [2.45, 2.75) is 39.3 Å². The summed E-state index contributed by atoms with van der Waals surface area (Å²) in [6.07, 6.45) is 0.160. The van der Waals surface area contributed by atoms with E-state index >= 15 is 0 Å². The summed E-state index contributed by atoms with van der Waals surface area (Å²) in [5.74, 6) is 0.386. The third kappa shape index (κ3) is 4.73. The average molecular weight is 364 g/mol. The predicted octanol–water partition coefficient (Wildman–Crippen LogP) is 3.32. The van der Waals surface area contributed by atoms with Gasteiger partial charge < -0.3 is 15.6 Å². The van der Waals surface area contributed by atoms with E-state index in [9.17, 15) is 9.59 Å². The standard InChI is InChI=1S/C21H24N4O2/c1-13-8-10-16(11-9-13)19(23-15(3)26)12-20(27)22-14(2)21-24-17-6-4-5-7-18(17)25-21/h4-11,14,19H,12H2,1-3H3,(H,22,27)(H,23,26)(H,24,25). The summed E-state index contributed by atoms with van der Waals surface area (Å²) in [5, 5.41) is 5.82. The fourth-order valence-corrected chi connectivity index (χ4v) is 3.03. The van der Waals surface area contributed by atoms with Gasteiger partial charge in [-0.25, -0.2) is 4.98 Å². The number of imidazole rings is 1. The first-order valence-corrected chi connectivity index (χ1v) is 9.00. The topological polar surface area (TPSA) is 86.9 Å². The molecule has 0 spiro atoms. The molecule has 0 saturated heterocycles. The van der Waals surface area contributed by atoms with Crippen molar-refractivity contribution < 1.29 is 9.59 Å². The average Bonchev–Trinajstić information content (AvgIpc) is 3.05. The molecule has 2 aromatic carbocycles. The van der Waals surface area contributed by atoms with Crippen molar-refractivity contribution in [1.82, 2.24) is 20.6 Å². The van der Waals surface area contributed by atoms with Gasteiger partial charge in [-0.15, -0.1) is 0 Å².